The van der Waals surface area contributed by atoms with E-state index in [1.807, 2.05) is 6.07 Å². The summed E-state index contributed by atoms with van der Waals surface area (Å²) in [7, 11) is 1.57. The van der Waals surface area contributed by atoms with Gasteiger partial charge in [-0.1, -0.05) is 12.1 Å². The molecule has 0 aliphatic rings. The first-order valence-corrected chi connectivity index (χ1v) is 12.3. The summed E-state index contributed by atoms with van der Waals surface area (Å²) in [5.41, 5.74) is -1.33. The van der Waals surface area contributed by atoms with Gasteiger partial charge in [-0.2, -0.15) is 8.78 Å². The highest BCUT2D eigenvalue weighted by Crippen LogP contribution is 2.42. The highest BCUT2D eigenvalue weighted by Gasteiger charge is 2.49. The average molecular weight is 542 g/mol. The third-order valence-corrected chi connectivity index (χ3v) is 6.28. The summed E-state index contributed by atoms with van der Waals surface area (Å²) >= 11 is 0. The summed E-state index contributed by atoms with van der Waals surface area (Å²) in [5.74, 6) is -3.58. The predicted molar refractivity (Wildman–Crippen MR) is 141 cm³/mol. The van der Waals surface area contributed by atoms with Crippen molar-refractivity contribution < 1.29 is 27.8 Å². The van der Waals surface area contributed by atoms with Gasteiger partial charge >= 0.3 is 5.92 Å². The molecule has 39 heavy (non-hydrogen) atoms. The minimum Gasteiger partial charge on any atom is -0.491 e. The van der Waals surface area contributed by atoms with Crippen molar-refractivity contribution in [3.63, 3.8) is 0 Å². The van der Waals surface area contributed by atoms with Crippen LogP contribution in [0.3, 0.4) is 0 Å². The number of hydrogen-bond acceptors (Lipinski definition) is 8. The smallest absolute Gasteiger partial charge is 0.303 e. The molecular weight excluding hydrogens is 511 g/mol. The molecule has 4 aromatic rings. The zero-order valence-electron chi connectivity index (χ0n) is 22.3. The lowest BCUT2D eigenvalue weighted by molar-refractivity contribution is -0.170. The molecular formula is C28H30F3N5O3. The number of fused-ring (bicyclic) bond motifs is 1. The number of benzene rings is 2. The van der Waals surface area contributed by atoms with Gasteiger partial charge in [-0.25, -0.2) is 24.3 Å². The number of aromatic nitrogens is 4. The zero-order valence-corrected chi connectivity index (χ0v) is 22.3. The van der Waals surface area contributed by atoms with E-state index in [0.29, 0.717) is 40.5 Å². The summed E-state index contributed by atoms with van der Waals surface area (Å²) in [6, 6.07) is 6.56. The number of rotatable bonds is 10. The average Bonchev–Trinajstić information content (AvgIpc) is 2.88. The molecule has 0 bridgehead atoms. The summed E-state index contributed by atoms with van der Waals surface area (Å²) in [6.07, 6.45) is 4.74. The SMILES string of the molecule is COCCOc1cc2c(N[C@H](C)c3cccc(C(F)(F)C(C)(C)O)c3F)nc(C)nc2cc1-c1cncnc1. The molecule has 0 saturated carbocycles. The van der Waals surface area contributed by atoms with Crippen molar-refractivity contribution >= 4 is 16.7 Å². The van der Waals surface area contributed by atoms with Crippen LogP contribution in [-0.4, -0.2) is 51.0 Å². The van der Waals surface area contributed by atoms with Crippen LogP contribution in [0.4, 0.5) is 19.0 Å². The van der Waals surface area contributed by atoms with Gasteiger partial charge in [-0.05, 0) is 45.9 Å². The maximum atomic E-state index is 15.4. The maximum Gasteiger partial charge on any atom is 0.303 e. The van der Waals surface area contributed by atoms with Crippen molar-refractivity contribution in [1.29, 1.82) is 0 Å². The second-order valence-corrected chi connectivity index (χ2v) is 9.66. The Hall–Kier alpha value is -3.83. The summed E-state index contributed by atoms with van der Waals surface area (Å²) in [5, 5.41) is 13.7. The minimum atomic E-state index is -3.81. The molecule has 2 N–H and O–H groups in total. The maximum absolute atomic E-state index is 15.4. The number of anilines is 1. The van der Waals surface area contributed by atoms with Gasteiger partial charge in [0.15, 0.2) is 0 Å². The van der Waals surface area contributed by atoms with Gasteiger partial charge < -0.3 is 19.9 Å². The minimum absolute atomic E-state index is 0.00420. The summed E-state index contributed by atoms with van der Waals surface area (Å²) in [6.45, 7) is 5.88. The molecule has 2 aromatic carbocycles. The fourth-order valence-corrected chi connectivity index (χ4v) is 4.14. The van der Waals surface area contributed by atoms with Gasteiger partial charge in [0.05, 0.1) is 23.7 Å². The molecule has 0 radical (unpaired) electrons. The van der Waals surface area contributed by atoms with Crippen molar-refractivity contribution in [1.82, 2.24) is 19.9 Å². The zero-order chi connectivity index (χ0) is 28.4. The van der Waals surface area contributed by atoms with Crippen molar-refractivity contribution in [2.24, 2.45) is 0 Å². The first-order valence-electron chi connectivity index (χ1n) is 12.3. The molecule has 0 spiro atoms. The van der Waals surface area contributed by atoms with Crippen LogP contribution >= 0.6 is 0 Å². The van der Waals surface area contributed by atoms with Crippen molar-refractivity contribution in [2.75, 3.05) is 25.6 Å². The van der Waals surface area contributed by atoms with Gasteiger partial charge in [0.1, 0.15) is 41.7 Å². The molecule has 0 unspecified atom stereocenters. The first-order chi connectivity index (χ1) is 18.4. The van der Waals surface area contributed by atoms with Crippen LogP contribution in [0.5, 0.6) is 5.75 Å². The van der Waals surface area contributed by atoms with E-state index in [2.05, 4.69) is 25.3 Å². The van der Waals surface area contributed by atoms with Gasteiger partial charge in [0, 0.05) is 41.6 Å². The predicted octanol–water partition coefficient (Wildman–Crippen LogP) is 5.60. The Morgan fingerprint density at radius 2 is 1.79 bits per heavy atom. The van der Waals surface area contributed by atoms with E-state index in [-0.39, 0.29) is 12.2 Å². The highest BCUT2D eigenvalue weighted by atomic mass is 19.3. The number of halogens is 3. The molecule has 0 fully saturated rings. The third kappa shape index (κ3) is 5.79. The van der Waals surface area contributed by atoms with Gasteiger partial charge in [0.2, 0.25) is 0 Å². The lowest BCUT2D eigenvalue weighted by atomic mass is 9.91. The Labute approximate surface area is 224 Å². The van der Waals surface area contributed by atoms with Crippen LogP contribution in [0, 0.1) is 12.7 Å². The van der Waals surface area contributed by atoms with E-state index in [4.69, 9.17) is 9.47 Å². The van der Waals surface area contributed by atoms with E-state index in [0.717, 1.165) is 25.5 Å². The Kier molecular flexibility index (Phi) is 8.03. The van der Waals surface area contributed by atoms with Crippen molar-refractivity contribution in [2.45, 2.75) is 45.3 Å². The van der Waals surface area contributed by atoms with E-state index in [1.165, 1.54) is 18.5 Å². The second-order valence-electron chi connectivity index (χ2n) is 9.66. The van der Waals surface area contributed by atoms with Crippen LogP contribution < -0.4 is 10.1 Å². The molecule has 2 aromatic heterocycles. The lowest BCUT2D eigenvalue weighted by Crippen LogP contribution is -2.41. The highest BCUT2D eigenvalue weighted by molar-refractivity contribution is 5.94. The topological polar surface area (TPSA) is 102 Å². The van der Waals surface area contributed by atoms with Gasteiger partial charge in [0.25, 0.3) is 0 Å². The third-order valence-electron chi connectivity index (χ3n) is 6.28. The molecule has 11 heteroatoms. The standard InChI is InChI=1S/C28H30F3N5O3/c1-16(19-7-6-8-22(25(19)29)28(30,31)27(3,4)37)34-26-21-12-24(39-10-9-38-5)20(18-13-32-15-33-14-18)11-23(21)35-17(2)36-26/h6-8,11-16,37H,9-10H2,1-5H3,(H,34,35,36)/t16-/m1/s1. The first kappa shape index (κ1) is 28.2. The quantitative estimate of drug-likeness (QED) is 0.250. The number of aliphatic hydroxyl groups is 1. The Balaban J connectivity index is 1.78. The number of nitrogens with zero attached hydrogens (tertiary/aromatic N) is 4. The Bertz CT molecular complexity index is 1460. The number of nitrogens with one attached hydrogen (secondary N) is 1. The molecule has 4 rings (SSSR count). The largest absolute Gasteiger partial charge is 0.491 e. The number of aryl methyl sites for hydroxylation is 1. The van der Waals surface area contributed by atoms with Crippen molar-refractivity contribution in [3.8, 4) is 16.9 Å². The van der Waals surface area contributed by atoms with Crippen LogP contribution in [0.1, 0.15) is 43.8 Å². The van der Waals surface area contributed by atoms with Crippen LogP contribution in [0.25, 0.3) is 22.0 Å². The Morgan fingerprint density at radius 1 is 1.08 bits per heavy atom. The Morgan fingerprint density at radius 3 is 2.46 bits per heavy atom. The number of hydrogen-bond donors (Lipinski definition) is 2. The monoisotopic (exact) mass is 541 g/mol. The molecule has 2 heterocycles. The molecule has 1 atom stereocenters. The lowest BCUT2D eigenvalue weighted by Gasteiger charge is -2.30. The van der Waals surface area contributed by atoms with Gasteiger partial charge in [-0.15, -0.1) is 0 Å². The van der Waals surface area contributed by atoms with Crippen LogP contribution in [0.15, 0.2) is 49.1 Å². The van der Waals surface area contributed by atoms with E-state index >= 15 is 4.39 Å². The normalized spacial score (nSPS) is 12.9. The number of ether oxygens (including phenoxy) is 2. The van der Waals surface area contributed by atoms with E-state index < -0.39 is 28.9 Å². The van der Waals surface area contributed by atoms with Crippen LogP contribution in [-0.2, 0) is 10.7 Å². The van der Waals surface area contributed by atoms with Crippen LogP contribution in [0.2, 0.25) is 0 Å². The second kappa shape index (κ2) is 11.1. The molecule has 206 valence electrons. The summed E-state index contributed by atoms with van der Waals surface area (Å²) < 4.78 is 56.2. The number of alkyl halides is 2. The fourth-order valence-electron chi connectivity index (χ4n) is 4.14. The molecule has 8 nitrogen and oxygen atoms in total. The van der Waals surface area contributed by atoms with E-state index in [9.17, 15) is 13.9 Å². The molecule has 0 aliphatic heterocycles. The molecule has 0 saturated heterocycles. The van der Waals surface area contributed by atoms with E-state index in [1.54, 1.807) is 39.4 Å². The summed E-state index contributed by atoms with van der Waals surface area (Å²) in [4.78, 5) is 17.3. The molecule has 0 amide bonds. The molecule has 0 aliphatic carbocycles. The fraction of sp³-hybridized carbons (Fsp3) is 0.357. The number of methoxy groups -OCH3 is 1. The van der Waals surface area contributed by atoms with Crippen molar-refractivity contribution in [3.05, 3.63) is 71.8 Å². The van der Waals surface area contributed by atoms with Gasteiger partial charge in [-0.3, -0.25) is 0 Å².